The third kappa shape index (κ3) is 3.93. The molecule has 21 heavy (non-hydrogen) atoms. The van der Waals surface area contributed by atoms with Crippen LogP contribution < -0.4 is 4.74 Å². The molecule has 0 saturated carbocycles. The molecule has 2 rings (SSSR count). The van der Waals surface area contributed by atoms with Crippen LogP contribution in [-0.4, -0.2) is 46.6 Å². The molecule has 1 aromatic rings. The third-order valence-electron chi connectivity index (χ3n) is 3.30. The molecule has 1 atom stereocenters. The van der Waals surface area contributed by atoms with Crippen molar-refractivity contribution in [3.8, 4) is 5.75 Å². The number of ether oxygens (including phenoxy) is 2. The number of carbonyl (C=O) groups is 2. The summed E-state index contributed by atoms with van der Waals surface area (Å²) in [6.45, 7) is 5.60. The summed E-state index contributed by atoms with van der Waals surface area (Å²) in [6, 6.07) is 3.57. The van der Waals surface area contributed by atoms with Gasteiger partial charge in [0.2, 0.25) is 0 Å². The Labute approximate surface area is 124 Å². The van der Waals surface area contributed by atoms with Gasteiger partial charge in [0.15, 0.2) is 5.60 Å². The van der Waals surface area contributed by atoms with Crippen LogP contribution in [0.4, 0.5) is 0 Å². The Kier molecular flexibility index (Phi) is 4.45. The van der Waals surface area contributed by atoms with Gasteiger partial charge >= 0.3 is 5.97 Å². The van der Waals surface area contributed by atoms with Crippen LogP contribution in [0.5, 0.6) is 5.75 Å². The molecule has 2 heterocycles. The van der Waals surface area contributed by atoms with Gasteiger partial charge in [-0.05, 0) is 26.0 Å². The van der Waals surface area contributed by atoms with Crippen LogP contribution in [0.2, 0.25) is 0 Å². The number of hydrogen-bond donors (Lipinski definition) is 0. The first-order valence-electron chi connectivity index (χ1n) is 6.94. The molecule has 114 valence electrons. The Hall–Kier alpha value is -2.11. The predicted octanol–water partition coefficient (Wildman–Crippen LogP) is 1.40. The normalized spacial score (nSPS) is 18.4. The summed E-state index contributed by atoms with van der Waals surface area (Å²) in [5.74, 6) is 0.0826. The number of carbonyl (C=O) groups excluding carboxylic acids is 2. The fraction of sp³-hybridized carbons (Fsp3) is 0.533. The molecular weight excluding hydrogens is 272 g/mol. The van der Waals surface area contributed by atoms with E-state index in [4.69, 9.17) is 9.47 Å². The number of esters is 1. The highest BCUT2D eigenvalue weighted by molar-refractivity contribution is 5.87. The van der Waals surface area contributed by atoms with Gasteiger partial charge in [0, 0.05) is 32.3 Å². The molecule has 1 amide bonds. The van der Waals surface area contributed by atoms with Crippen LogP contribution in [0.15, 0.2) is 24.5 Å². The zero-order chi connectivity index (χ0) is 15.5. The van der Waals surface area contributed by atoms with Gasteiger partial charge in [-0.3, -0.25) is 14.6 Å². The maximum Gasteiger partial charge on any atom is 0.303 e. The van der Waals surface area contributed by atoms with E-state index in [1.807, 2.05) is 0 Å². The van der Waals surface area contributed by atoms with Crippen LogP contribution in [0, 0.1) is 0 Å². The molecule has 1 aliphatic heterocycles. The van der Waals surface area contributed by atoms with E-state index < -0.39 is 11.6 Å². The zero-order valence-electron chi connectivity index (χ0n) is 12.5. The Morgan fingerprint density at radius 3 is 2.62 bits per heavy atom. The Balaban J connectivity index is 1.93. The minimum Gasteiger partial charge on any atom is -0.488 e. The predicted molar refractivity (Wildman–Crippen MR) is 75.7 cm³/mol. The van der Waals surface area contributed by atoms with Crippen molar-refractivity contribution >= 4 is 11.9 Å². The summed E-state index contributed by atoms with van der Waals surface area (Å²) in [5.41, 5.74) is -1.14. The minimum absolute atomic E-state index is 0.0514. The molecule has 0 N–H and O–H groups in total. The third-order valence-corrected chi connectivity index (χ3v) is 3.30. The van der Waals surface area contributed by atoms with E-state index in [1.54, 1.807) is 43.3 Å². The molecule has 0 aromatic carbocycles. The number of aromatic nitrogens is 1. The zero-order valence-corrected chi connectivity index (χ0v) is 12.5. The van der Waals surface area contributed by atoms with E-state index >= 15 is 0 Å². The van der Waals surface area contributed by atoms with Gasteiger partial charge in [0.1, 0.15) is 11.9 Å². The van der Waals surface area contributed by atoms with Crippen LogP contribution in [0.25, 0.3) is 0 Å². The van der Waals surface area contributed by atoms with Gasteiger partial charge in [-0.1, -0.05) is 0 Å². The van der Waals surface area contributed by atoms with E-state index in [9.17, 15) is 9.59 Å². The summed E-state index contributed by atoms with van der Waals surface area (Å²) in [5, 5.41) is 0. The summed E-state index contributed by atoms with van der Waals surface area (Å²) in [7, 11) is 0. The molecule has 1 aliphatic rings. The Morgan fingerprint density at radius 1 is 1.33 bits per heavy atom. The monoisotopic (exact) mass is 292 g/mol. The first-order valence-corrected chi connectivity index (χ1v) is 6.94. The van der Waals surface area contributed by atoms with E-state index in [0.29, 0.717) is 13.1 Å². The van der Waals surface area contributed by atoms with E-state index in [-0.39, 0.29) is 12.0 Å². The average Bonchev–Trinajstić information content (AvgIpc) is 2.86. The van der Waals surface area contributed by atoms with E-state index in [1.165, 1.54) is 6.92 Å². The van der Waals surface area contributed by atoms with Crippen molar-refractivity contribution in [1.82, 2.24) is 9.88 Å². The van der Waals surface area contributed by atoms with Gasteiger partial charge in [-0.15, -0.1) is 0 Å². The second-order valence-corrected chi connectivity index (χ2v) is 5.57. The van der Waals surface area contributed by atoms with Crippen LogP contribution in [0.3, 0.4) is 0 Å². The lowest BCUT2D eigenvalue weighted by Crippen LogP contribution is -2.47. The molecule has 6 heteroatoms. The SMILES string of the molecule is CC(=O)OC(C)(C)C(=O)N1CC[C@H](Oc2ccncc2)C1. The van der Waals surface area contributed by atoms with E-state index in [0.717, 1.165) is 12.2 Å². The highest BCUT2D eigenvalue weighted by Gasteiger charge is 2.38. The molecule has 0 unspecified atom stereocenters. The lowest BCUT2D eigenvalue weighted by atomic mass is 10.1. The second kappa shape index (κ2) is 6.11. The molecule has 0 aliphatic carbocycles. The number of rotatable bonds is 4. The number of amides is 1. The summed E-state index contributed by atoms with van der Waals surface area (Å²) >= 11 is 0. The molecule has 0 bridgehead atoms. The fourth-order valence-corrected chi connectivity index (χ4v) is 2.40. The van der Waals surface area contributed by atoms with Crippen molar-refractivity contribution < 1.29 is 19.1 Å². The van der Waals surface area contributed by atoms with Crippen LogP contribution >= 0.6 is 0 Å². The van der Waals surface area contributed by atoms with Crippen molar-refractivity contribution in [2.45, 2.75) is 38.9 Å². The number of likely N-dealkylation sites (tertiary alicyclic amines) is 1. The molecule has 6 nitrogen and oxygen atoms in total. The molecular formula is C15H20N2O4. The van der Waals surface area contributed by atoms with E-state index in [2.05, 4.69) is 4.98 Å². The first-order chi connectivity index (χ1) is 9.88. The molecule has 0 spiro atoms. The summed E-state index contributed by atoms with van der Waals surface area (Å²) < 4.78 is 10.9. The highest BCUT2D eigenvalue weighted by atomic mass is 16.6. The van der Waals surface area contributed by atoms with Crippen molar-refractivity contribution in [2.24, 2.45) is 0 Å². The minimum atomic E-state index is -1.14. The van der Waals surface area contributed by atoms with Crippen LogP contribution in [-0.2, 0) is 14.3 Å². The molecule has 1 aromatic heterocycles. The highest BCUT2D eigenvalue weighted by Crippen LogP contribution is 2.21. The van der Waals surface area contributed by atoms with Gasteiger partial charge in [0.25, 0.3) is 5.91 Å². The summed E-state index contributed by atoms with van der Waals surface area (Å²) in [4.78, 5) is 29.0. The number of pyridine rings is 1. The maximum atomic E-state index is 12.4. The topological polar surface area (TPSA) is 68.7 Å². The second-order valence-electron chi connectivity index (χ2n) is 5.57. The smallest absolute Gasteiger partial charge is 0.303 e. The molecule has 1 saturated heterocycles. The lowest BCUT2D eigenvalue weighted by molar-refractivity contribution is -0.168. The largest absolute Gasteiger partial charge is 0.488 e. The number of nitrogens with zero attached hydrogens (tertiary/aromatic N) is 2. The van der Waals surface area contributed by atoms with Crippen molar-refractivity contribution in [2.75, 3.05) is 13.1 Å². The Morgan fingerprint density at radius 2 is 2.00 bits per heavy atom. The van der Waals surface area contributed by atoms with Crippen molar-refractivity contribution in [3.63, 3.8) is 0 Å². The quantitative estimate of drug-likeness (QED) is 0.785. The average molecular weight is 292 g/mol. The standard InChI is InChI=1S/C15H20N2O4/c1-11(18)21-15(2,3)14(19)17-9-6-13(10-17)20-12-4-7-16-8-5-12/h4-5,7-8,13H,6,9-10H2,1-3H3/t13-/m0/s1. The lowest BCUT2D eigenvalue weighted by Gasteiger charge is -2.28. The Bertz CT molecular complexity index is 516. The van der Waals surface area contributed by atoms with Gasteiger partial charge < -0.3 is 14.4 Å². The fourth-order valence-electron chi connectivity index (χ4n) is 2.40. The molecule has 0 radical (unpaired) electrons. The maximum absolute atomic E-state index is 12.4. The van der Waals surface area contributed by atoms with Crippen molar-refractivity contribution in [3.05, 3.63) is 24.5 Å². The van der Waals surface area contributed by atoms with Gasteiger partial charge in [0.05, 0.1) is 6.54 Å². The summed E-state index contributed by atoms with van der Waals surface area (Å²) in [6.07, 6.45) is 4.03. The first kappa shape index (κ1) is 15.3. The molecule has 1 fully saturated rings. The van der Waals surface area contributed by atoms with Crippen LogP contribution in [0.1, 0.15) is 27.2 Å². The van der Waals surface area contributed by atoms with Crippen molar-refractivity contribution in [1.29, 1.82) is 0 Å². The van der Waals surface area contributed by atoms with Gasteiger partial charge in [-0.2, -0.15) is 0 Å². The number of hydrogen-bond acceptors (Lipinski definition) is 5. The van der Waals surface area contributed by atoms with Gasteiger partial charge in [-0.25, -0.2) is 0 Å².